The van der Waals surface area contributed by atoms with Gasteiger partial charge in [-0.1, -0.05) is 320 Å². The minimum Gasteiger partial charge on any atom is -0.412 e. The van der Waals surface area contributed by atoms with Crippen LogP contribution in [0.25, 0.3) is 0 Å². The molecule has 0 heterocycles. The van der Waals surface area contributed by atoms with Gasteiger partial charge in [0.1, 0.15) is 6.29 Å². The monoisotopic (exact) mass is 969 g/mol. The van der Waals surface area contributed by atoms with Crippen LogP contribution in [0.2, 0.25) is 0 Å². The number of aldehydes is 1. The molecule has 0 saturated carbocycles. The number of unbranched alkanes of at least 4 members (excludes halogenated alkanes) is 32. The lowest BCUT2D eigenvalue weighted by atomic mass is 9.93. The molecule has 0 saturated heterocycles. The van der Waals surface area contributed by atoms with Crippen molar-refractivity contribution in [2.45, 2.75) is 352 Å². The van der Waals surface area contributed by atoms with Gasteiger partial charge in [0.15, 0.2) is 6.29 Å². The van der Waals surface area contributed by atoms with Crippen molar-refractivity contribution in [1.82, 2.24) is 0 Å². The number of carbonyl (C=O) groups is 1. The second-order valence-corrected chi connectivity index (χ2v) is 21.9. The van der Waals surface area contributed by atoms with Crippen molar-refractivity contribution in [3.8, 4) is 0 Å². The number of rotatable bonds is 52. The third-order valence-corrected chi connectivity index (χ3v) is 14.8. The molecular formula is C63H132O5. The quantitative estimate of drug-likeness (QED) is 0.0374. The van der Waals surface area contributed by atoms with Gasteiger partial charge in [-0.05, 0) is 43.4 Å². The molecule has 0 radical (unpaired) electrons. The third-order valence-electron chi connectivity index (χ3n) is 14.8. The zero-order chi connectivity index (χ0) is 50.1. The Bertz CT molecular complexity index is 849. The summed E-state index contributed by atoms with van der Waals surface area (Å²) in [6.45, 7) is 24.4. The van der Waals surface area contributed by atoms with Gasteiger partial charge in [-0.2, -0.15) is 0 Å². The fourth-order valence-corrected chi connectivity index (χ4v) is 8.77. The lowest BCUT2D eigenvalue weighted by Gasteiger charge is -2.29. The minimum atomic E-state index is -0.00359. The Morgan fingerprint density at radius 3 is 0.794 bits per heavy atom. The van der Waals surface area contributed by atoms with Gasteiger partial charge in [-0.25, -0.2) is 0 Å². The Morgan fingerprint density at radius 2 is 0.588 bits per heavy atom. The van der Waals surface area contributed by atoms with E-state index in [1.165, 1.54) is 263 Å². The van der Waals surface area contributed by atoms with E-state index in [1.807, 2.05) is 6.92 Å². The zero-order valence-electron chi connectivity index (χ0n) is 48.7. The molecule has 68 heavy (non-hydrogen) atoms. The van der Waals surface area contributed by atoms with E-state index in [0.717, 1.165) is 32.5 Å². The first-order valence-electron chi connectivity index (χ1n) is 31.0. The molecule has 5 nitrogen and oxygen atoms in total. The summed E-state index contributed by atoms with van der Waals surface area (Å²) in [5, 5.41) is 8.33. The Labute approximate surface area is 430 Å². The smallest absolute Gasteiger partial charge is 0.160 e. The number of ether oxygens (including phenoxy) is 2. The summed E-state index contributed by atoms with van der Waals surface area (Å²) in [5.74, 6) is 2.62. The SMILES string of the molecule is CCC(C)CO.CCCCCCCCCCCCC(C=O)CCCCCCCCCC.CCCCCCCCCCCCC(CCCCCCCCCC)C(OCC(C)CC)OCC(C)CC.O. The lowest BCUT2D eigenvalue weighted by molar-refractivity contribution is -0.187. The number of aliphatic hydroxyl groups excluding tert-OH is 1. The van der Waals surface area contributed by atoms with E-state index in [9.17, 15) is 4.79 Å². The fraction of sp³-hybridized carbons (Fsp3) is 0.984. The van der Waals surface area contributed by atoms with Crippen LogP contribution in [0.15, 0.2) is 0 Å². The second-order valence-electron chi connectivity index (χ2n) is 21.9. The molecule has 0 bridgehead atoms. The van der Waals surface area contributed by atoms with Crippen molar-refractivity contribution in [2.24, 2.45) is 29.6 Å². The first-order valence-corrected chi connectivity index (χ1v) is 31.0. The maximum Gasteiger partial charge on any atom is 0.160 e. The predicted molar refractivity (Wildman–Crippen MR) is 305 cm³/mol. The summed E-state index contributed by atoms with van der Waals surface area (Å²) >= 11 is 0. The van der Waals surface area contributed by atoms with Gasteiger partial charge in [-0.3, -0.25) is 0 Å². The number of hydrogen-bond acceptors (Lipinski definition) is 4. The van der Waals surface area contributed by atoms with Crippen LogP contribution >= 0.6 is 0 Å². The maximum absolute atomic E-state index is 11.2. The Hall–Kier alpha value is -0.490. The molecule has 0 aromatic heterocycles. The molecule has 0 spiro atoms. The molecule has 0 aliphatic rings. The Kier molecular flexibility index (Phi) is 70.3. The summed E-state index contributed by atoms with van der Waals surface area (Å²) in [6.07, 6.45) is 59.4. The van der Waals surface area contributed by atoms with Gasteiger partial charge in [0.05, 0.1) is 13.2 Å². The second kappa shape index (κ2) is 64.5. The van der Waals surface area contributed by atoms with Crippen LogP contribution in [0, 0.1) is 29.6 Å². The van der Waals surface area contributed by atoms with E-state index >= 15 is 0 Å². The maximum atomic E-state index is 11.2. The van der Waals surface area contributed by atoms with E-state index in [2.05, 4.69) is 62.3 Å². The van der Waals surface area contributed by atoms with E-state index in [4.69, 9.17) is 14.6 Å². The molecule has 0 amide bonds. The first kappa shape index (κ1) is 74.0. The molecule has 5 atom stereocenters. The molecule has 5 unspecified atom stereocenters. The minimum absolute atomic E-state index is 0. The van der Waals surface area contributed by atoms with Crippen LogP contribution in [-0.2, 0) is 14.3 Å². The lowest BCUT2D eigenvalue weighted by Crippen LogP contribution is -2.31. The number of hydrogen-bond donors (Lipinski definition) is 1. The van der Waals surface area contributed by atoms with Crippen molar-refractivity contribution in [3.63, 3.8) is 0 Å². The molecule has 5 heteroatoms. The van der Waals surface area contributed by atoms with E-state index < -0.39 is 0 Å². The summed E-state index contributed by atoms with van der Waals surface area (Å²) in [6, 6.07) is 0. The van der Waals surface area contributed by atoms with E-state index in [-0.39, 0.29) is 11.8 Å². The van der Waals surface area contributed by atoms with E-state index in [0.29, 0.717) is 36.2 Å². The average Bonchev–Trinajstić information content (AvgIpc) is 3.35. The van der Waals surface area contributed by atoms with Gasteiger partial charge >= 0.3 is 0 Å². The van der Waals surface area contributed by atoms with Crippen molar-refractivity contribution < 1.29 is 24.9 Å². The zero-order valence-corrected chi connectivity index (χ0v) is 48.7. The molecule has 0 fully saturated rings. The van der Waals surface area contributed by atoms with Gasteiger partial charge in [0.25, 0.3) is 0 Å². The van der Waals surface area contributed by atoms with Crippen molar-refractivity contribution in [2.75, 3.05) is 19.8 Å². The van der Waals surface area contributed by atoms with Crippen LogP contribution < -0.4 is 0 Å². The Balaban J connectivity index is -0.000000554. The topological polar surface area (TPSA) is 87.3 Å². The largest absolute Gasteiger partial charge is 0.412 e. The molecule has 0 aliphatic carbocycles. The normalized spacial score (nSPS) is 13.9. The molecule has 0 aromatic rings. The average molecular weight is 970 g/mol. The van der Waals surface area contributed by atoms with Crippen LogP contribution in [-0.4, -0.2) is 43.0 Å². The molecule has 414 valence electrons. The summed E-state index contributed by atoms with van der Waals surface area (Å²) < 4.78 is 13.0. The molecule has 0 rings (SSSR count). The first-order chi connectivity index (χ1) is 32.7. The van der Waals surface area contributed by atoms with Gasteiger partial charge in [0.2, 0.25) is 0 Å². The van der Waals surface area contributed by atoms with E-state index in [1.54, 1.807) is 0 Å². The molecule has 0 aromatic carbocycles. The highest BCUT2D eigenvalue weighted by atomic mass is 16.7. The molecular weight excluding hydrogens is 837 g/mol. The van der Waals surface area contributed by atoms with Gasteiger partial charge in [0, 0.05) is 18.4 Å². The number of carbonyl (C=O) groups excluding carboxylic acids is 1. The highest BCUT2D eigenvalue weighted by molar-refractivity contribution is 5.53. The number of aliphatic hydroxyl groups is 1. The van der Waals surface area contributed by atoms with Crippen molar-refractivity contribution in [3.05, 3.63) is 0 Å². The highest BCUT2D eigenvalue weighted by Gasteiger charge is 2.24. The van der Waals surface area contributed by atoms with Crippen molar-refractivity contribution >= 4 is 6.29 Å². The van der Waals surface area contributed by atoms with Crippen LogP contribution in [0.3, 0.4) is 0 Å². The standard InChI is InChI=1S/C34H70O2.C24H48O.C5H12O.H2O/c1-7-11-13-15-17-19-20-22-24-26-28-33(27-25-23-21-18-16-14-12-8-2)34(35-29-31(5)9-3)36-30-32(6)10-4;1-3-5-7-9-11-13-14-16-18-20-22-24(23-25)21-19-17-15-12-10-8-6-4-2;1-3-5(2)4-6;/h31-34H,7-30H2,1-6H3;23-24H,3-22H2,1-2H3;5-6H,3-4H2,1-2H3;1H2. The Morgan fingerprint density at radius 1 is 0.353 bits per heavy atom. The van der Waals surface area contributed by atoms with Crippen LogP contribution in [0.1, 0.15) is 345 Å². The van der Waals surface area contributed by atoms with Crippen LogP contribution in [0.5, 0.6) is 0 Å². The molecule has 0 aliphatic heterocycles. The summed E-state index contributed by atoms with van der Waals surface area (Å²) in [5.41, 5.74) is 0. The third kappa shape index (κ3) is 59.8. The van der Waals surface area contributed by atoms with Crippen LogP contribution in [0.4, 0.5) is 0 Å². The molecule has 3 N–H and O–H groups in total. The summed E-state index contributed by atoms with van der Waals surface area (Å²) in [4.78, 5) is 11.2. The summed E-state index contributed by atoms with van der Waals surface area (Å²) in [7, 11) is 0. The fourth-order valence-electron chi connectivity index (χ4n) is 8.77. The van der Waals surface area contributed by atoms with Crippen molar-refractivity contribution in [1.29, 1.82) is 0 Å². The van der Waals surface area contributed by atoms with Gasteiger partial charge < -0.3 is 24.9 Å². The van der Waals surface area contributed by atoms with Gasteiger partial charge in [-0.15, -0.1) is 0 Å². The predicted octanol–water partition coefficient (Wildman–Crippen LogP) is 20.7. The highest BCUT2D eigenvalue weighted by Crippen LogP contribution is 2.27.